The number of aromatic nitrogens is 2. The van der Waals surface area contributed by atoms with Crippen molar-refractivity contribution in [1.29, 1.82) is 5.26 Å². The quantitative estimate of drug-likeness (QED) is 0.145. The summed E-state index contributed by atoms with van der Waals surface area (Å²) in [5.41, 5.74) is 6.63. The number of nitriles is 1. The minimum atomic E-state index is 0.585. The topological polar surface area (TPSA) is 115 Å². The lowest BCUT2D eigenvalue weighted by Crippen LogP contribution is -2.35. The zero-order valence-corrected chi connectivity index (χ0v) is 14.6. The average molecular weight is 333 g/mol. The Hall–Kier alpha value is -2.07. The van der Waals surface area contributed by atoms with E-state index in [1.54, 1.807) is 6.33 Å². The lowest BCUT2D eigenvalue weighted by Gasteiger charge is -2.08. The fourth-order valence-corrected chi connectivity index (χ4v) is 2.42. The first kappa shape index (κ1) is 20.0. The Labute approximate surface area is 145 Å². The monoisotopic (exact) mass is 333 g/mol. The number of H-pyrrole nitrogens is 1. The molecule has 0 aromatic carbocycles. The van der Waals surface area contributed by atoms with Crippen molar-refractivity contribution in [3.05, 3.63) is 18.2 Å². The summed E-state index contributed by atoms with van der Waals surface area (Å²) in [5.74, 6) is 0.585. The second-order valence-electron chi connectivity index (χ2n) is 5.84. The summed E-state index contributed by atoms with van der Waals surface area (Å²) in [7, 11) is 0. The number of nitrogens with one attached hydrogen (secondary N) is 3. The Morgan fingerprint density at radius 1 is 1.17 bits per heavy atom. The Bertz CT molecular complexity index is 462. The molecular formula is C17H31N7. The molecule has 1 aromatic heterocycles. The van der Waals surface area contributed by atoms with E-state index in [0.717, 1.165) is 57.4 Å². The summed E-state index contributed by atoms with van der Waals surface area (Å²) in [6.07, 6.45) is 15.6. The molecule has 0 unspecified atom stereocenters. The first-order chi connectivity index (χ1) is 11.9. The summed E-state index contributed by atoms with van der Waals surface area (Å²) in [6.45, 7) is 2.35. The first-order valence-corrected chi connectivity index (χ1v) is 8.97. The van der Waals surface area contributed by atoms with E-state index in [-0.39, 0.29) is 0 Å². The first-order valence-electron chi connectivity index (χ1n) is 8.97. The summed E-state index contributed by atoms with van der Waals surface area (Å²) in [6, 6.07) is 0. The van der Waals surface area contributed by atoms with Crippen molar-refractivity contribution >= 4 is 5.96 Å². The van der Waals surface area contributed by atoms with Crippen molar-refractivity contribution in [2.24, 2.45) is 10.7 Å². The zero-order valence-electron chi connectivity index (χ0n) is 14.6. The van der Waals surface area contributed by atoms with E-state index in [1.807, 2.05) is 12.4 Å². The molecule has 7 nitrogen and oxygen atoms in total. The molecule has 1 aromatic rings. The predicted octanol–water partition coefficient (Wildman–Crippen LogP) is 2.05. The van der Waals surface area contributed by atoms with Gasteiger partial charge in [0.05, 0.1) is 6.33 Å². The Morgan fingerprint density at radius 2 is 1.96 bits per heavy atom. The highest BCUT2D eigenvalue weighted by Crippen LogP contribution is 2.04. The fraction of sp³-hybridized carbons (Fsp3) is 0.706. The van der Waals surface area contributed by atoms with Crippen molar-refractivity contribution in [2.75, 3.05) is 19.6 Å². The molecule has 0 radical (unpaired) electrons. The van der Waals surface area contributed by atoms with E-state index in [1.165, 1.54) is 25.7 Å². The molecule has 24 heavy (non-hydrogen) atoms. The lowest BCUT2D eigenvalue weighted by atomic mass is 10.1. The largest absolute Gasteiger partial charge is 0.356 e. The molecule has 0 amide bonds. The van der Waals surface area contributed by atoms with Crippen LogP contribution in [0.15, 0.2) is 17.5 Å². The standard InChI is InChI=1S/C17H31N7/c18-10-6-3-1-2-4-7-11-21-17(23-14-19)22-12-8-5-9-16-13-20-15-24-16/h13,15H,1-12,18H2,(H,20,24)(H2,21,22,23). The Kier molecular flexibility index (Phi) is 12.1. The number of nitrogens with zero attached hydrogens (tertiary/aromatic N) is 3. The highest BCUT2D eigenvalue weighted by Gasteiger charge is 1.98. The van der Waals surface area contributed by atoms with Gasteiger partial charge < -0.3 is 16.0 Å². The third kappa shape index (κ3) is 10.6. The van der Waals surface area contributed by atoms with Crippen LogP contribution in [0.1, 0.15) is 57.1 Å². The number of rotatable bonds is 13. The third-order valence-corrected chi connectivity index (χ3v) is 3.78. The van der Waals surface area contributed by atoms with E-state index >= 15 is 0 Å². The molecule has 0 spiro atoms. The molecule has 0 aliphatic heterocycles. The summed E-state index contributed by atoms with van der Waals surface area (Å²) in [4.78, 5) is 11.5. The van der Waals surface area contributed by atoms with Crippen molar-refractivity contribution < 1.29 is 0 Å². The van der Waals surface area contributed by atoms with Gasteiger partial charge in [-0.25, -0.2) is 4.98 Å². The van der Waals surface area contributed by atoms with Gasteiger partial charge in [0, 0.05) is 25.0 Å². The van der Waals surface area contributed by atoms with Gasteiger partial charge >= 0.3 is 0 Å². The van der Waals surface area contributed by atoms with Crippen LogP contribution in [0.3, 0.4) is 0 Å². The van der Waals surface area contributed by atoms with E-state index in [2.05, 4.69) is 25.6 Å². The van der Waals surface area contributed by atoms with Crippen molar-refractivity contribution in [3.8, 4) is 6.19 Å². The van der Waals surface area contributed by atoms with E-state index in [0.29, 0.717) is 5.96 Å². The summed E-state index contributed by atoms with van der Waals surface area (Å²) in [5, 5.41) is 14.6. The van der Waals surface area contributed by atoms with Crippen LogP contribution in [0.4, 0.5) is 0 Å². The molecule has 0 fully saturated rings. The second-order valence-corrected chi connectivity index (χ2v) is 5.84. The molecular weight excluding hydrogens is 302 g/mol. The zero-order chi connectivity index (χ0) is 17.3. The Balaban J connectivity index is 2.05. The number of hydrogen-bond acceptors (Lipinski definition) is 4. The molecule has 5 N–H and O–H groups in total. The molecule has 0 saturated heterocycles. The third-order valence-electron chi connectivity index (χ3n) is 3.78. The maximum Gasteiger partial charge on any atom is 0.204 e. The number of guanidine groups is 1. The van der Waals surface area contributed by atoms with Gasteiger partial charge in [0.15, 0.2) is 6.19 Å². The van der Waals surface area contributed by atoms with Crippen LogP contribution in [0, 0.1) is 11.5 Å². The number of aryl methyl sites for hydroxylation is 1. The van der Waals surface area contributed by atoms with E-state index < -0.39 is 0 Å². The molecule has 134 valence electrons. The predicted molar refractivity (Wildman–Crippen MR) is 97.3 cm³/mol. The molecule has 0 saturated carbocycles. The van der Waals surface area contributed by atoms with Crippen LogP contribution in [0.2, 0.25) is 0 Å². The number of unbranched alkanes of at least 4 members (excludes halogenated alkanes) is 6. The van der Waals surface area contributed by atoms with Crippen LogP contribution in [0.25, 0.3) is 0 Å². The minimum absolute atomic E-state index is 0.585. The van der Waals surface area contributed by atoms with Crippen LogP contribution in [0.5, 0.6) is 0 Å². The summed E-state index contributed by atoms with van der Waals surface area (Å²) >= 11 is 0. The summed E-state index contributed by atoms with van der Waals surface area (Å²) < 4.78 is 0. The van der Waals surface area contributed by atoms with Crippen LogP contribution >= 0.6 is 0 Å². The highest BCUT2D eigenvalue weighted by atomic mass is 15.2. The minimum Gasteiger partial charge on any atom is -0.356 e. The van der Waals surface area contributed by atoms with E-state index in [4.69, 9.17) is 11.0 Å². The molecule has 0 aliphatic rings. The van der Waals surface area contributed by atoms with Gasteiger partial charge in [0.1, 0.15) is 0 Å². The molecule has 1 rings (SSSR count). The van der Waals surface area contributed by atoms with Gasteiger partial charge in [-0.1, -0.05) is 25.7 Å². The van der Waals surface area contributed by atoms with Crippen LogP contribution in [-0.2, 0) is 6.42 Å². The fourth-order valence-electron chi connectivity index (χ4n) is 2.42. The Morgan fingerprint density at radius 3 is 2.67 bits per heavy atom. The number of aliphatic imine (C=N–C) groups is 1. The van der Waals surface area contributed by atoms with E-state index in [9.17, 15) is 0 Å². The molecule has 0 aliphatic carbocycles. The van der Waals surface area contributed by atoms with Crippen LogP contribution in [-0.4, -0.2) is 35.6 Å². The van der Waals surface area contributed by atoms with Gasteiger partial charge in [-0.3, -0.25) is 10.3 Å². The maximum atomic E-state index is 8.78. The normalized spacial score (nSPS) is 11.2. The average Bonchev–Trinajstić information content (AvgIpc) is 3.10. The number of hydrogen-bond donors (Lipinski definition) is 4. The van der Waals surface area contributed by atoms with Crippen molar-refractivity contribution in [3.63, 3.8) is 0 Å². The van der Waals surface area contributed by atoms with Crippen LogP contribution < -0.4 is 16.4 Å². The van der Waals surface area contributed by atoms with Gasteiger partial charge in [-0.05, 0) is 38.6 Å². The number of nitrogens with two attached hydrogens (primary N) is 1. The van der Waals surface area contributed by atoms with Gasteiger partial charge in [-0.2, -0.15) is 5.26 Å². The smallest absolute Gasteiger partial charge is 0.204 e. The van der Waals surface area contributed by atoms with Crippen molar-refractivity contribution in [1.82, 2.24) is 20.6 Å². The molecule has 7 heteroatoms. The maximum absolute atomic E-state index is 8.78. The highest BCUT2D eigenvalue weighted by molar-refractivity contribution is 5.81. The van der Waals surface area contributed by atoms with Gasteiger partial charge in [-0.15, -0.1) is 0 Å². The second kappa shape index (κ2) is 14.5. The lowest BCUT2D eigenvalue weighted by molar-refractivity contribution is 0.600. The van der Waals surface area contributed by atoms with Gasteiger partial charge in [0.2, 0.25) is 5.96 Å². The molecule has 0 bridgehead atoms. The number of aromatic amines is 1. The van der Waals surface area contributed by atoms with Crippen molar-refractivity contribution in [2.45, 2.75) is 57.8 Å². The number of imidazole rings is 1. The SMILES string of the molecule is N#CNC(=NCCCCCCCCN)NCCCCc1cnc[nH]1. The molecule has 0 atom stereocenters. The van der Waals surface area contributed by atoms with Gasteiger partial charge in [0.25, 0.3) is 0 Å². The molecule has 1 heterocycles.